The van der Waals surface area contributed by atoms with Crippen LogP contribution in [0.4, 0.5) is 0 Å². The third-order valence-corrected chi connectivity index (χ3v) is 8.59. The van der Waals surface area contributed by atoms with E-state index in [1.807, 2.05) is 48.7 Å². The molecule has 3 heterocycles. The van der Waals surface area contributed by atoms with E-state index in [9.17, 15) is 5.26 Å². The maximum Gasteiger partial charge on any atom is 0.131 e. The number of rotatable bonds is 4. The fraction of sp³-hybridized carbons (Fsp3) is 0.0606. The van der Waals surface area contributed by atoms with Gasteiger partial charge in [0.15, 0.2) is 0 Å². The third kappa shape index (κ3) is 4.41. The summed E-state index contributed by atoms with van der Waals surface area (Å²) in [4.78, 5) is 9.25. The highest BCUT2D eigenvalue weighted by Crippen LogP contribution is 2.39. The van der Waals surface area contributed by atoms with Gasteiger partial charge in [-0.2, -0.15) is 5.26 Å². The van der Waals surface area contributed by atoms with Crippen LogP contribution in [-0.4, -0.2) is 10.8 Å². The molecule has 6 aromatic rings. The van der Waals surface area contributed by atoms with E-state index in [4.69, 9.17) is 16.6 Å². The molecule has 7 rings (SSSR count). The molecular formula is C33H22ClN5S. The van der Waals surface area contributed by atoms with E-state index in [1.54, 1.807) is 17.5 Å². The number of benzene rings is 4. The lowest BCUT2D eigenvalue weighted by molar-refractivity contribution is 0.408. The Labute approximate surface area is 240 Å². The van der Waals surface area contributed by atoms with Gasteiger partial charge in [0.25, 0.3) is 0 Å². The van der Waals surface area contributed by atoms with Gasteiger partial charge in [0.05, 0.1) is 21.4 Å². The third-order valence-electron chi connectivity index (χ3n) is 7.20. The van der Waals surface area contributed by atoms with E-state index in [1.165, 1.54) is 4.70 Å². The van der Waals surface area contributed by atoms with Crippen LogP contribution in [0.3, 0.4) is 0 Å². The maximum atomic E-state index is 9.73. The number of nitriles is 1. The summed E-state index contributed by atoms with van der Waals surface area (Å²) in [5.41, 5.74) is 5.76. The quantitative estimate of drug-likeness (QED) is 0.231. The predicted octanol–water partition coefficient (Wildman–Crippen LogP) is 7.98. The molecule has 0 saturated heterocycles. The van der Waals surface area contributed by atoms with Crippen molar-refractivity contribution >= 4 is 48.9 Å². The van der Waals surface area contributed by atoms with Crippen LogP contribution < -0.4 is 10.6 Å². The Morgan fingerprint density at radius 1 is 0.800 bits per heavy atom. The molecule has 4 aromatic carbocycles. The minimum absolute atomic E-state index is 0.168. The minimum atomic E-state index is -0.370. The molecule has 40 heavy (non-hydrogen) atoms. The Hall–Kier alpha value is -4.54. The Morgan fingerprint density at radius 2 is 1.55 bits per heavy atom. The summed E-state index contributed by atoms with van der Waals surface area (Å²) in [6, 6.07) is 35.1. The Bertz CT molecular complexity index is 1940. The summed E-state index contributed by atoms with van der Waals surface area (Å²) < 4.78 is 2.28. The molecule has 0 spiro atoms. The number of nitrogens with one attached hydrogen (secondary N) is 2. The van der Waals surface area contributed by atoms with Crippen LogP contribution in [0.1, 0.15) is 34.6 Å². The molecule has 0 amide bonds. The van der Waals surface area contributed by atoms with Gasteiger partial charge in [-0.25, -0.2) is 4.99 Å². The highest BCUT2D eigenvalue weighted by molar-refractivity contribution is 7.25. The van der Waals surface area contributed by atoms with Crippen LogP contribution in [-0.2, 0) is 0 Å². The molecular weight excluding hydrogens is 534 g/mol. The summed E-state index contributed by atoms with van der Waals surface area (Å²) >= 11 is 8.22. The van der Waals surface area contributed by atoms with Crippen molar-refractivity contribution in [1.82, 2.24) is 15.6 Å². The molecule has 2 N–H and O–H groups in total. The van der Waals surface area contributed by atoms with Crippen LogP contribution in [0.2, 0.25) is 5.02 Å². The molecule has 1 aliphatic rings. The van der Waals surface area contributed by atoms with Crippen molar-refractivity contribution < 1.29 is 0 Å². The van der Waals surface area contributed by atoms with E-state index in [-0.39, 0.29) is 12.3 Å². The number of pyridine rings is 1. The number of nitrogens with zero attached hydrogens (tertiary/aromatic N) is 3. The second-order valence-electron chi connectivity index (χ2n) is 9.62. The van der Waals surface area contributed by atoms with Gasteiger partial charge in [0, 0.05) is 39.0 Å². The van der Waals surface area contributed by atoms with Crippen molar-refractivity contribution in [3.63, 3.8) is 0 Å². The lowest BCUT2D eigenvalue weighted by Crippen LogP contribution is -2.45. The summed E-state index contributed by atoms with van der Waals surface area (Å²) in [6.45, 7) is 0. The van der Waals surface area contributed by atoms with Crippen LogP contribution >= 0.6 is 22.9 Å². The first-order valence-corrected chi connectivity index (χ1v) is 14.1. The van der Waals surface area contributed by atoms with Gasteiger partial charge in [-0.05, 0) is 34.9 Å². The highest BCUT2D eigenvalue weighted by atomic mass is 35.5. The number of thiophene rings is 1. The number of fused-ring (bicyclic) bond motifs is 3. The molecule has 0 fully saturated rings. The second-order valence-corrected chi connectivity index (χ2v) is 11.1. The van der Waals surface area contributed by atoms with Crippen LogP contribution in [0, 0.1) is 11.3 Å². The normalized spacial score (nSPS) is 16.9. The number of halogens is 1. The van der Waals surface area contributed by atoms with E-state index < -0.39 is 0 Å². The summed E-state index contributed by atoms with van der Waals surface area (Å²) in [5.74, 6) is 0.774. The zero-order valence-corrected chi connectivity index (χ0v) is 22.7. The second kappa shape index (κ2) is 10.2. The van der Waals surface area contributed by atoms with Gasteiger partial charge < -0.3 is 5.32 Å². The van der Waals surface area contributed by atoms with Gasteiger partial charge in [-0.3, -0.25) is 10.3 Å². The minimum Gasteiger partial charge on any atom is -0.350 e. The van der Waals surface area contributed by atoms with Crippen molar-refractivity contribution in [2.24, 2.45) is 4.99 Å². The average molecular weight is 556 g/mol. The van der Waals surface area contributed by atoms with Crippen LogP contribution in [0.5, 0.6) is 0 Å². The predicted molar refractivity (Wildman–Crippen MR) is 163 cm³/mol. The first kappa shape index (κ1) is 24.5. The van der Waals surface area contributed by atoms with Gasteiger partial charge in [-0.1, -0.05) is 90.5 Å². The number of amidine groups is 1. The Balaban J connectivity index is 1.26. The smallest absolute Gasteiger partial charge is 0.131 e. The van der Waals surface area contributed by atoms with Crippen LogP contribution in [0.25, 0.3) is 31.3 Å². The molecule has 0 saturated carbocycles. The summed E-state index contributed by atoms with van der Waals surface area (Å²) in [7, 11) is 0. The highest BCUT2D eigenvalue weighted by Gasteiger charge is 2.26. The standard InChI is InChI=1S/C33H22ClN5S/c34-27-18-36-19-29-30(27)26-16-23(14-15-28(26)40-29)20-10-12-22(13-11-20)32-37-31(21-6-2-1-3-7-21)38-33(39-32)25-9-5-4-8-24(25)17-35/h1-16,18-19,31,33,38H,(H,37,39). The molecule has 2 atom stereocenters. The van der Waals surface area contributed by atoms with Gasteiger partial charge in [0.1, 0.15) is 18.2 Å². The van der Waals surface area contributed by atoms with Crippen LogP contribution in [0.15, 0.2) is 114 Å². The Kier molecular flexibility index (Phi) is 6.26. The molecule has 0 bridgehead atoms. The van der Waals surface area contributed by atoms with Crippen molar-refractivity contribution in [1.29, 1.82) is 5.26 Å². The molecule has 192 valence electrons. The molecule has 2 aromatic heterocycles. The van der Waals surface area contributed by atoms with E-state index in [0.29, 0.717) is 10.6 Å². The summed E-state index contributed by atoms with van der Waals surface area (Å²) in [5, 5.41) is 19.7. The van der Waals surface area contributed by atoms with Crippen molar-refractivity contribution in [2.45, 2.75) is 12.3 Å². The average Bonchev–Trinajstić information content (AvgIpc) is 3.40. The van der Waals surface area contributed by atoms with Crippen molar-refractivity contribution in [2.75, 3.05) is 0 Å². The summed E-state index contributed by atoms with van der Waals surface area (Å²) in [6.07, 6.45) is 3.04. The maximum absolute atomic E-state index is 9.73. The van der Waals surface area contributed by atoms with E-state index in [0.717, 1.165) is 49.1 Å². The lowest BCUT2D eigenvalue weighted by atomic mass is 10.0. The zero-order chi connectivity index (χ0) is 27.1. The SMILES string of the molecule is N#Cc1ccccc1C1N=C(c2ccc(-c3ccc4sc5cncc(Cl)c5c4c3)cc2)NC(c2ccccc2)N1. The van der Waals surface area contributed by atoms with Crippen molar-refractivity contribution in [3.8, 4) is 17.2 Å². The molecule has 2 unspecified atom stereocenters. The first-order chi connectivity index (χ1) is 19.7. The number of aliphatic imine (C=N–C) groups is 1. The molecule has 1 aliphatic heterocycles. The molecule has 5 nitrogen and oxygen atoms in total. The number of aromatic nitrogens is 1. The molecule has 0 radical (unpaired) electrons. The Morgan fingerprint density at radius 3 is 2.38 bits per heavy atom. The zero-order valence-electron chi connectivity index (χ0n) is 21.2. The monoisotopic (exact) mass is 555 g/mol. The van der Waals surface area contributed by atoms with Gasteiger partial charge >= 0.3 is 0 Å². The first-order valence-electron chi connectivity index (χ1n) is 12.9. The number of hydrogen-bond acceptors (Lipinski definition) is 6. The van der Waals surface area contributed by atoms with Gasteiger partial charge in [0.2, 0.25) is 0 Å². The topological polar surface area (TPSA) is 73.1 Å². The molecule has 0 aliphatic carbocycles. The molecule has 7 heteroatoms. The fourth-order valence-electron chi connectivity index (χ4n) is 5.21. The van der Waals surface area contributed by atoms with E-state index >= 15 is 0 Å². The van der Waals surface area contributed by atoms with E-state index in [2.05, 4.69) is 76.3 Å². The largest absolute Gasteiger partial charge is 0.350 e. The lowest BCUT2D eigenvalue weighted by Gasteiger charge is -2.32. The number of hydrogen-bond donors (Lipinski definition) is 2. The van der Waals surface area contributed by atoms with Crippen molar-refractivity contribution in [3.05, 3.63) is 137 Å². The fourth-order valence-corrected chi connectivity index (χ4v) is 6.60. The van der Waals surface area contributed by atoms with Gasteiger partial charge in [-0.15, -0.1) is 11.3 Å².